The number of nitrogens with two attached hydrogens (primary N) is 3. The van der Waals surface area contributed by atoms with Crippen molar-refractivity contribution in [2.75, 3.05) is 35.4 Å². The zero-order chi connectivity index (χ0) is 30.9. The second-order valence-corrected chi connectivity index (χ2v) is 13.4. The van der Waals surface area contributed by atoms with Crippen LogP contribution in [0.2, 0.25) is 0 Å². The number of hydrogen-bond donors (Lipinski definition) is 6. The smallest absolute Gasteiger partial charge is 0.384 e. The fraction of sp³-hybridized carbons (Fsp3) is 0.500. The number of oxime groups is 1. The molecule has 2 saturated heterocycles. The number of β-lactam (4-membered cyclic amide) rings is 1. The van der Waals surface area contributed by atoms with E-state index in [9.17, 15) is 29.4 Å². The minimum Gasteiger partial charge on any atom is -0.481 e. The molecule has 0 spiro atoms. The van der Waals surface area contributed by atoms with Crippen molar-refractivity contribution >= 4 is 75.3 Å². The highest BCUT2D eigenvalue weighted by Crippen LogP contribution is 2.44. The fourth-order valence-corrected chi connectivity index (χ4v) is 8.37. The third-order valence-corrected chi connectivity index (χ3v) is 11.1. The van der Waals surface area contributed by atoms with E-state index in [1.807, 2.05) is 0 Å². The average Bonchev–Trinajstić information content (AvgIpc) is 3.42. The quantitative estimate of drug-likeness (QED) is 0.0359. The van der Waals surface area contributed by atoms with E-state index in [2.05, 4.69) is 20.4 Å². The van der Waals surface area contributed by atoms with Gasteiger partial charge in [0.25, 0.3) is 5.91 Å². The van der Waals surface area contributed by atoms with Gasteiger partial charge in [0, 0.05) is 42.3 Å². The number of carboxylic acid groups (broad SMARTS) is 2. The molecule has 2 aliphatic heterocycles. The van der Waals surface area contributed by atoms with Crippen LogP contribution in [0.3, 0.4) is 0 Å². The van der Waals surface area contributed by atoms with Crippen LogP contribution >= 0.6 is 34.9 Å². The first-order valence-electron chi connectivity index (χ1n) is 13.2. The third-order valence-electron chi connectivity index (χ3n) is 7.56. The summed E-state index contributed by atoms with van der Waals surface area (Å²) in [6.45, 7) is -0.0844. The number of thiazole rings is 1. The van der Waals surface area contributed by atoms with Crippen molar-refractivity contribution in [3.05, 3.63) is 23.3 Å². The molecule has 3 atom stereocenters. The van der Waals surface area contributed by atoms with Gasteiger partial charge in [-0.3, -0.25) is 20.2 Å². The lowest BCUT2D eigenvalue weighted by atomic mass is 9.85. The number of hydrogen-bond acceptors (Lipinski definition) is 14. The highest BCUT2D eigenvalue weighted by atomic mass is 32.2. The van der Waals surface area contributed by atoms with Crippen molar-refractivity contribution < 1.29 is 38.9 Å². The van der Waals surface area contributed by atoms with E-state index in [1.165, 1.54) is 39.0 Å². The van der Waals surface area contributed by atoms with Gasteiger partial charge < -0.3 is 36.7 Å². The summed E-state index contributed by atoms with van der Waals surface area (Å²) >= 11 is 3.40. The topological polar surface area (TPSA) is 253 Å². The summed E-state index contributed by atoms with van der Waals surface area (Å²) in [6, 6.07) is 0.542. The van der Waals surface area contributed by atoms with E-state index >= 15 is 0 Å². The molecule has 19 heteroatoms. The molecule has 0 bridgehead atoms. The van der Waals surface area contributed by atoms with Gasteiger partial charge in [0.2, 0.25) is 17.3 Å². The molecule has 2 amide bonds. The predicted molar refractivity (Wildman–Crippen MR) is 157 cm³/mol. The minimum atomic E-state index is -1.57. The van der Waals surface area contributed by atoms with Gasteiger partial charge in [0.15, 0.2) is 10.8 Å². The lowest BCUT2D eigenvalue weighted by molar-refractivity contribution is -0.682. The number of nitrogens with zero attached hydrogens (tertiary/aromatic N) is 5. The SMILES string of the molecule is Nc1cc[n+](N)c(SCC2(C(=O)O)CS[C@@H]3C(NC(=O)C(=NOC4(C(=O)O)CCCCC4)c4csc(N)n4)C(=O)N3C2)n1. The Kier molecular flexibility index (Phi) is 8.57. The van der Waals surface area contributed by atoms with E-state index in [0.29, 0.717) is 18.0 Å². The number of aromatic nitrogens is 3. The fourth-order valence-electron chi connectivity index (χ4n) is 5.05. The summed E-state index contributed by atoms with van der Waals surface area (Å²) in [5, 5.41) is 28.0. The van der Waals surface area contributed by atoms with Crippen LogP contribution in [-0.4, -0.2) is 89.6 Å². The number of nitrogens with one attached hydrogen (secondary N) is 1. The lowest BCUT2D eigenvalue weighted by Gasteiger charge is -2.53. The Hall–Kier alpha value is -3.84. The van der Waals surface area contributed by atoms with Crippen molar-refractivity contribution in [3.8, 4) is 0 Å². The number of carbonyl (C=O) groups excluding carboxylic acids is 2. The predicted octanol–water partition coefficient (Wildman–Crippen LogP) is -0.525. The molecular weight excluding hydrogens is 623 g/mol. The van der Waals surface area contributed by atoms with E-state index in [-0.39, 0.29) is 53.2 Å². The Labute approximate surface area is 257 Å². The van der Waals surface area contributed by atoms with Crippen LogP contribution in [0.1, 0.15) is 37.8 Å². The van der Waals surface area contributed by atoms with E-state index < -0.39 is 46.2 Å². The number of anilines is 2. The Morgan fingerprint density at radius 2 is 1.95 bits per heavy atom. The van der Waals surface area contributed by atoms with Crippen molar-refractivity contribution in [1.82, 2.24) is 20.2 Å². The normalized spacial score (nSPS) is 24.9. The monoisotopic (exact) mass is 652 g/mol. The van der Waals surface area contributed by atoms with Crippen LogP contribution in [0.15, 0.2) is 28.0 Å². The highest BCUT2D eigenvalue weighted by molar-refractivity contribution is 8.00. The summed E-state index contributed by atoms with van der Waals surface area (Å²) < 4.78 is 1.24. The molecule has 1 aliphatic carbocycles. The van der Waals surface area contributed by atoms with Crippen LogP contribution < -0.4 is 27.3 Å². The van der Waals surface area contributed by atoms with Gasteiger partial charge in [-0.05, 0) is 29.6 Å². The Morgan fingerprint density at radius 3 is 2.60 bits per heavy atom. The summed E-state index contributed by atoms with van der Waals surface area (Å²) in [4.78, 5) is 66.3. The molecule has 230 valence electrons. The van der Waals surface area contributed by atoms with Crippen LogP contribution in [0.4, 0.5) is 10.9 Å². The molecule has 9 N–H and O–H groups in total. The van der Waals surface area contributed by atoms with Crippen molar-refractivity contribution in [2.45, 2.75) is 54.3 Å². The summed E-state index contributed by atoms with van der Waals surface area (Å²) in [5.41, 5.74) is 8.38. The molecule has 0 aromatic carbocycles. The lowest BCUT2D eigenvalue weighted by Crippen LogP contribution is -2.74. The first kappa shape index (κ1) is 30.6. The maximum absolute atomic E-state index is 13.4. The van der Waals surface area contributed by atoms with Crippen molar-refractivity contribution in [3.63, 3.8) is 0 Å². The number of fused-ring (bicyclic) bond motifs is 1. The average molecular weight is 653 g/mol. The van der Waals surface area contributed by atoms with Crippen LogP contribution in [0.25, 0.3) is 0 Å². The molecule has 0 radical (unpaired) electrons. The second-order valence-electron chi connectivity index (χ2n) is 10.5. The number of amides is 2. The van der Waals surface area contributed by atoms with E-state index in [0.717, 1.165) is 29.5 Å². The van der Waals surface area contributed by atoms with Gasteiger partial charge in [-0.25, -0.2) is 9.78 Å². The molecule has 5 rings (SSSR count). The van der Waals surface area contributed by atoms with Gasteiger partial charge >= 0.3 is 17.1 Å². The van der Waals surface area contributed by atoms with Gasteiger partial charge in [-0.1, -0.05) is 11.6 Å². The van der Waals surface area contributed by atoms with Crippen LogP contribution in [0.5, 0.6) is 0 Å². The Bertz CT molecular complexity index is 1480. The first-order chi connectivity index (χ1) is 20.4. The number of rotatable bonds is 10. The molecule has 1 saturated carbocycles. The van der Waals surface area contributed by atoms with Crippen molar-refractivity contribution in [1.29, 1.82) is 0 Å². The molecule has 4 heterocycles. The van der Waals surface area contributed by atoms with Gasteiger partial charge in [0.1, 0.15) is 28.7 Å². The second kappa shape index (κ2) is 12.0. The molecule has 2 aromatic heterocycles. The van der Waals surface area contributed by atoms with Crippen LogP contribution in [0, 0.1) is 5.41 Å². The molecule has 16 nitrogen and oxygen atoms in total. The summed E-state index contributed by atoms with van der Waals surface area (Å²) in [6.07, 6.45) is 4.11. The molecule has 43 heavy (non-hydrogen) atoms. The van der Waals surface area contributed by atoms with Crippen LogP contribution in [-0.2, 0) is 24.0 Å². The standard InChI is InChI=1S/C24H29N9O7S3/c25-13-4-7-33(27)22(29-13)43-11-23(19(36)37)9-32-17(35)15(18(32)42-10-23)30-16(34)14(12-8-41-21(26)28-12)31-40-24(20(38)39)5-2-1-3-6-24/h4,7-8,15,18,25H,1-3,5-6,9-11,27H2,(H5,26,28,30,34,36,37,38,39)/p+1/t15?,18-,23?/m1/s1. The minimum absolute atomic E-state index is 0.0707. The number of aliphatic carboxylic acids is 2. The van der Waals surface area contributed by atoms with E-state index in [1.54, 1.807) is 0 Å². The number of carbonyl (C=O) groups is 4. The maximum atomic E-state index is 13.4. The number of thioether (sulfide) groups is 2. The number of nitrogen functional groups attached to an aromatic ring is 3. The van der Waals surface area contributed by atoms with Gasteiger partial charge in [-0.15, -0.1) is 27.8 Å². The third kappa shape index (κ3) is 6.00. The zero-order valence-electron chi connectivity index (χ0n) is 22.7. The molecule has 3 fully saturated rings. The molecular formula is C24H30N9O7S3+. The summed E-state index contributed by atoms with van der Waals surface area (Å²) in [7, 11) is 0. The Balaban J connectivity index is 1.29. The number of carboxylic acids is 2. The molecule has 2 unspecified atom stereocenters. The zero-order valence-corrected chi connectivity index (χ0v) is 25.1. The van der Waals surface area contributed by atoms with Gasteiger partial charge in [0.05, 0.1) is 0 Å². The molecule has 3 aliphatic rings. The first-order valence-corrected chi connectivity index (χ1v) is 16.1. The summed E-state index contributed by atoms with van der Waals surface area (Å²) in [5.74, 6) is 2.81. The maximum Gasteiger partial charge on any atom is 0.384 e. The Morgan fingerprint density at radius 1 is 1.21 bits per heavy atom. The molecule has 2 aromatic rings. The van der Waals surface area contributed by atoms with E-state index in [4.69, 9.17) is 22.1 Å². The van der Waals surface area contributed by atoms with Crippen molar-refractivity contribution in [2.24, 2.45) is 10.6 Å². The largest absolute Gasteiger partial charge is 0.481 e. The highest BCUT2D eigenvalue weighted by Gasteiger charge is 2.58. The van der Waals surface area contributed by atoms with Gasteiger partial charge in [-0.2, -0.15) is 0 Å².